The van der Waals surface area contributed by atoms with E-state index in [1.54, 1.807) is 7.11 Å². The van der Waals surface area contributed by atoms with E-state index in [9.17, 15) is 5.11 Å². The Morgan fingerprint density at radius 3 is 2.82 bits per heavy atom. The molecule has 4 heteroatoms. The average Bonchev–Trinajstić information content (AvgIpc) is 2.29. The SMILES string of the molecule is COc1cccc(Cl)c1CNCC1(O)CCC1. The fraction of sp³-hybridized carbons (Fsp3) is 0.538. The lowest BCUT2D eigenvalue weighted by molar-refractivity contribution is -0.0315. The number of halogens is 1. The van der Waals surface area contributed by atoms with Crippen LogP contribution in [0.4, 0.5) is 0 Å². The third-order valence-electron chi connectivity index (χ3n) is 3.34. The van der Waals surface area contributed by atoms with Gasteiger partial charge in [-0.25, -0.2) is 0 Å². The highest BCUT2D eigenvalue weighted by atomic mass is 35.5. The van der Waals surface area contributed by atoms with Gasteiger partial charge >= 0.3 is 0 Å². The third kappa shape index (κ3) is 2.92. The Balaban J connectivity index is 1.94. The lowest BCUT2D eigenvalue weighted by atomic mass is 9.80. The van der Waals surface area contributed by atoms with Crippen LogP contribution in [-0.2, 0) is 6.54 Å². The smallest absolute Gasteiger partial charge is 0.124 e. The highest BCUT2D eigenvalue weighted by molar-refractivity contribution is 6.31. The molecule has 0 unspecified atom stereocenters. The molecule has 0 bridgehead atoms. The van der Waals surface area contributed by atoms with Crippen molar-refractivity contribution >= 4 is 11.6 Å². The maximum atomic E-state index is 9.96. The summed E-state index contributed by atoms with van der Waals surface area (Å²) >= 11 is 6.12. The minimum Gasteiger partial charge on any atom is -0.496 e. The van der Waals surface area contributed by atoms with Gasteiger partial charge in [-0.15, -0.1) is 0 Å². The minimum atomic E-state index is -0.505. The van der Waals surface area contributed by atoms with Crippen molar-refractivity contribution in [3.05, 3.63) is 28.8 Å². The molecule has 0 spiro atoms. The van der Waals surface area contributed by atoms with Crippen LogP contribution >= 0.6 is 11.6 Å². The minimum absolute atomic E-state index is 0.505. The average molecular weight is 256 g/mol. The van der Waals surface area contributed by atoms with Gasteiger partial charge in [0.2, 0.25) is 0 Å². The van der Waals surface area contributed by atoms with Gasteiger partial charge in [-0.2, -0.15) is 0 Å². The molecule has 3 nitrogen and oxygen atoms in total. The summed E-state index contributed by atoms with van der Waals surface area (Å²) in [4.78, 5) is 0. The van der Waals surface area contributed by atoms with E-state index in [1.165, 1.54) is 0 Å². The molecular formula is C13H18ClNO2. The van der Waals surface area contributed by atoms with Crippen LogP contribution in [0.3, 0.4) is 0 Å². The fourth-order valence-electron chi connectivity index (χ4n) is 2.08. The summed E-state index contributed by atoms with van der Waals surface area (Å²) in [5.41, 5.74) is 0.439. The number of aliphatic hydroxyl groups is 1. The van der Waals surface area contributed by atoms with E-state index in [4.69, 9.17) is 16.3 Å². The molecule has 0 saturated heterocycles. The Bertz CT molecular complexity index is 391. The summed E-state index contributed by atoms with van der Waals surface area (Å²) in [6.07, 6.45) is 2.90. The molecule has 2 rings (SSSR count). The quantitative estimate of drug-likeness (QED) is 0.849. The van der Waals surface area contributed by atoms with Gasteiger partial charge in [-0.3, -0.25) is 0 Å². The van der Waals surface area contributed by atoms with Crippen LogP contribution < -0.4 is 10.1 Å². The first-order valence-corrected chi connectivity index (χ1v) is 6.27. The Morgan fingerprint density at radius 1 is 1.47 bits per heavy atom. The second-order valence-electron chi connectivity index (χ2n) is 4.60. The van der Waals surface area contributed by atoms with Crippen molar-refractivity contribution in [1.82, 2.24) is 5.32 Å². The molecule has 0 heterocycles. The van der Waals surface area contributed by atoms with Crippen LogP contribution in [0, 0.1) is 0 Å². The van der Waals surface area contributed by atoms with E-state index >= 15 is 0 Å². The number of methoxy groups -OCH3 is 1. The topological polar surface area (TPSA) is 41.5 Å². The van der Waals surface area contributed by atoms with Gasteiger partial charge in [0.1, 0.15) is 5.75 Å². The highest BCUT2D eigenvalue weighted by Gasteiger charge is 2.33. The van der Waals surface area contributed by atoms with Crippen molar-refractivity contribution in [2.24, 2.45) is 0 Å². The van der Waals surface area contributed by atoms with Crippen molar-refractivity contribution in [3.63, 3.8) is 0 Å². The molecule has 1 aliphatic carbocycles. The molecule has 1 aromatic carbocycles. The van der Waals surface area contributed by atoms with Crippen LogP contribution in [0.1, 0.15) is 24.8 Å². The summed E-state index contributed by atoms with van der Waals surface area (Å²) in [5.74, 6) is 0.783. The molecule has 1 aliphatic rings. The number of ether oxygens (including phenoxy) is 1. The van der Waals surface area contributed by atoms with Crippen molar-refractivity contribution in [1.29, 1.82) is 0 Å². The Morgan fingerprint density at radius 2 is 2.24 bits per heavy atom. The van der Waals surface area contributed by atoms with Crippen molar-refractivity contribution in [2.75, 3.05) is 13.7 Å². The Kier molecular flexibility index (Phi) is 3.92. The summed E-state index contributed by atoms with van der Waals surface area (Å²) < 4.78 is 5.26. The van der Waals surface area contributed by atoms with Gasteiger partial charge in [0.15, 0.2) is 0 Å². The molecule has 0 aliphatic heterocycles. The molecule has 17 heavy (non-hydrogen) atoms. The van der Waals surface area contributed by atoms with E-state index in [0.717, 1.165) is 30.6 Å². The van der Waals surface area contributed by atoms with Crippen LogP contribution in [0.5, 0.6) is 5.75 Å². The summed E-state index contributed by atoms with van der Waals surface area (Å²) in [5, 5.41) is 13.9. The van der Waals surface area contributed by atoms with E-state index in [2.05, 4.69) is 5.32 Å². The highest BCUT2D eigenvalue weighted by Crippen LogP contribution is 2.31. The molecule has 94 valence electrons. The van der Waals surface area contributed by atoms with Gasteiger partial charge in [0.05, 0.1) is 12.7 Å². The molecular weight excluding hydrogens is 238 g/mol. The number of nitrogens with one attached hydrogen (secondary N) is 1. The maximum Gasteiger partial charge on any atom is 0.124 e. The van der Waals surface area contributed by atoms with E-state index < -0.39 is 5.60 Å². The largest absolute Gasteiger partial charge is 0.496 e. The Labute approximate surface area is 107 Å². The lowest BCUT2D eigenvalue weighted by Gasteiger charge is -2.36. The van der Waals surface area contributed by atoms with E-state index in [0.29, 0.717) is 18.1 Å². The standard InChI is InChI=1S/C13H18ClNO2/c1-17-12-5-2-4-11(14)10(12)8-15-9-13(16)6-3-7-13/h2,4-5,15-16H,3,6-9H2,1H3. The normalized spacial score (nSPS) is 17.6. The summed E-state index contributed by atoms with van der Waals surface area (Å²) in [6, 6.07) is 5.60. The molecule has 1 aromatic rings. The fourth-order valence-corrected chi connectivity index (χ4v) is 2.32. The van der Waals surface area contributed by atoms with Crippen LogP contribution in [0.15, 0.2) is 18.2 Å². The zero-order chi connectivity index (χ0) is 12.3. The monoisotopic (exact) mass is 255 g/mol. The van der Waals surface area contributed by atoms with Gasteiger partial charge < -0.3 is 15.2 Å². The van der Waals surface area contributed by atoms with Crippen LogP contribution in [-0.4, -0.2) is 24.4 Å². The van der Waals surface area contributed by atoms with Crippen LogP contribution in [0.2, 0.25) is 5.02 Å². The first-order valence-electron chi connectivity index (χ1n) is 5.89. The zero-order valence-corrected chi connectivity index (χ0v) is 10.8. The maximum absolute atomic E-state index is 9.96. The molecule has 0 radical (unpaired) electrons. The molecule has 0 amide bonds. The third-order valence-corrected chi connectivity index (χ3v) is 3.69. The first-order chi connectivity index (χ1) is 8.14. The molecule has 1 saturated carbocycles. The number of benzene rings is 1. The van der Waals surface area contributed by atoms with E-state index in [-0.39, 0.29) is 0 Å². The molecule has 1 fully saturated rings. The number of hydrogen-bond donors (Lipinski definition) is 2. The van der Waals surface area contributed by atoms with Crippen LogP contribution in [0.25, 0.3) is 0 Å². The van der Waals surface area contributed by atoms with Gasteiger partial charge in [0, 0.05) is 23.7 Å². The number of rotatable bonds is 5. The van der Waals surface area contributed by atoms with E-state index in [1.807, 2.05) is 18.2 Å². The van der Waals surface area contributed by atoms with Crippen molar-refractivity contribution in [3.8, 4) is 5.75 Å². The Hall–Kier alpha value is -0.770. The second-order valence-corrected chi connectivity index (χ2v) is 5.01. The van der Waals surface area contributed by atoms with Gasteiger partial charge in [-0.05, 0) is 31.4 Å². The predicted molar refractivity (Wildman–Crippen MR) is 68.5 cm³/mol. The summed E-state index contributed by atoms with van der Waals surface area (Å²) in [7, 11) is 1.63. The molecule has 0 atom stereocenters. The van der Waals surface area contributed by atoms with Crippen molar-refractivity contribution < 1.29 is 9.84 Å². The molecule has 2 N–H and O–H groups in total. The zero-order valence-electron chi connectivity index (χ0n) is 10.0. The van der Waals surface area contributed by atoms with Crippen molar-refractivity contribution in [2.45, 2.75) is 31.4 Å². The predicted octanol–water partition coefficient (Wildman–Crippen LogP) is 2.35. The summed E-state index contributed by atoms with van der Waals surface area (Å²) in [6.45, 7) is 1.23. The molecule has 0 aromatic heterocycles. The second kappa shape index (κ2) is 5.25. The van der Waals surface area contributed by atoms with Gasteiger partial charge in [0.25, 0.3) is 0 Å². The lowest BCUT2D eigenvalue weighted by Crippen LogP contribution is -2.46. The number of hydrogen-bond acceptors (Lipinski definition) is 3. The first kappa shape index (κ1) is 12.7. The van der Waals surface area contributed by atoms with Gasteiger partial charge in [-0.1, -0.05) is 17.7 Å².